The summed E-state index contributed by atoms with van der Waals surface area (Å²) in [6.07, 6.45) is 41.6. The summed E-state index contributed by atoms with van der Waals surface area (Å²) >= 11 is 0. The third kappa shape index (κ3) is 10.9. The minimum absolute atomic E-state index is 0.628. The highest BCUT2D eigenvalue weighted by Gasteiger charge is 2.40. The first kappa shape index (κ1) is 32.2. The number of nitrogens with zero attached hydrogens (tertiary/aromatic N) is 2. The van der Waals surface area contributed by atoms with Crippen molar-refractivity contribution in [1.29, 1.82) is 0 Å². The van der Waals surface area contributed by atoms with E-state index in [1.807, 2.05) is 5.57 Å². The van der Waals surface area contributed by atoms with Crippen LogP contribution in [0.2, 0.25) is 0 Å². The molecule has 0 aromatic rings. The van der Waals surface area contributed by atoms with E-state index in [4.69, 9.17) is 0 Å². The van der Waals surface area contributed by atoms with Crippen LogP contribution in [0.3, 0.4) is 0 Å². The molecule has 0 saturated heterocycles. The monoisotopic (exact) mass is 529 g/mol. The van der Waals surface area contributed by atoms with E-state index in [1.165, 1.54) is 173 Å². The Bertz CT molecular complexity index is 588. The van der Waals surface area contributed by atoms with E-state index in [0.29, 0.717) is 12.1 Å². The van der Waals surface area contributed by atoms with Crippen LogP contribution >= 0.6 is 0 Å². The van der Waals surface area contributed by atoms with E-state index in [2.05, 4.69) is 37.0 Å². The number of hydrazine groups is 1. The molecular weight excluding hydrogens is 460 g/mol. The van der Waals surface area contributed by atoms with Gasteiger partial charge in [0.25, 0.3) is 0 Å². The summed E-state index contributed by atoms with van der Waals surface area (Å²) in [5, 5.41) is 5.90. The average molecular weight is 529 g/mol. The number of hydrogen-bond acceptors (Lipinski definition) is 2. The van der Waals surface area contributed by atoms with Gasteiger partial charge in [-0.15, -0.1) is 0 Å². The first-order valence-electron chi connectivity index (χ1n) is 18.0. The van der Waals surface area contributed by atoms with Crippen LogP contribution in [0.1, 0.15) is 187 Å². The van der Waals surface area contributed by atoms with Crippen LogP contribution in [0.25, 0.3) is 0 Å². The van der Waals surface area contributed by atoms with E-state index in [-0.39, 0.29) is 0 Å². The van der Waals surface area contributed by atoms with Gasteiger partial charge < -0.3 is 0 Å². The summed E-state index contributed by atoms with van der Waals surface area (Å²) in [5.41, 5.74) is 1.83. The molecular formula is C36H68N2. The molecule has 0 amide bonds. The van der Waals surface area contributed by atoms with Crippen LogP contribution in [0, 0.1) is 5.92 Å². The van der Waals surface area contributed by atoms with Gasteiger partial charge in [0.15, 0.2) is 0 Å². The van der Waals surface area contributed by atoms with Gasteiger partial charge in [-0.2, -0.15) is 0 Å². The van der Waals surface area contributed by atoms with Crippen molar-refractivity contribution in [2.45, 2.75) is 205 Å². The van der Waals surface area contributed by atoms with Gasteiger partial charge in [0.1, 0.15) is 0 Å². The topological polar surface area (TPSA) is 6.48 Å². The Labute approximate surface area is 239 Å². The van der Waals surface area contributed by atoms with Crippen molar-refractivity contribution in [3.63, 3.8) is 0 Å². The lowest BCUT2D eigenvalue weighted by atomic mass is 9.80. The Morgan fingerprint density at radius 1 is 0.605 bits per heavy atom. The van der Waals surface area contributed by atoms with Gasteiger partial charge in [-0.25, -0.2) is 10.0 Å². The van der Waals surface area contributed by atoms with Gasteiger partial charge in [0.05, 0.1) is 0 Å². The molecule has 0 bridgehead atoms. The predicted octanol–water partition coefficient (Wildman–Crippen LogP) is 11.4. The molecule has 0 N–H and O–H groups in total. The fourth-order valence-corrected chi connectivity index (χ4v) is 8.16. The summed E-state index contributed by atoms with van der Waals surface area (Å²) in [7, 11) is 2.55. The summed E-state index contributed by atoms with van der Waals surface area (Å²) < 4.78 is 0. The van der Waals surface area contributed by atoms with Crippen molar-refractivity contribution < 1.29 is 0 Å². The minimum atomic E-state index is 0.628. The molecule has 2 fully saturated rings. The van der Waals surface area contributed by atoms with Crippen molar-refractivity contribution in [1.82, 2.24) is 10.0 Å². The number of hydrogen-bond donors (Lipinski definition) is 0. The first-order valence-corrected chi connectivity index (χ1v) is 18.0. The highest BCUT2D eigenvalue weighted by atomic mass is 15.7. The minimum Gasteiger partial charge on any atom is -0.237 e. The highest BCUT2D eigenvalue weighted by molar-refractivity contribution is 5.20. The smallest absolute Gasteiger partial charge is 0.0481 e. The maximum absolute atomic E-state index is 3.01. The average Bonchev–Trinajstić information content (AvgIpc) is 2.97. The lowest BCUT2D eigenvalue weighted by Crippen LogP contribution is -2.60. The standard InChI is InChI=1S/C36H68N2/c1-4-6-25-33-31-35(28-7-5-2)38(34-29-23-19-15-9-8-10-16-20-24-30-34)37(3)36(33)32-26-21-17-13-11-12-14-18-22-27-32/h31-32,34-36H,4-30H2,1-3H3/t35?,36-/m0/s1. The molecule has 2 aliphatic carbocycles. The fraction of sp³-hybridized carbons (Fsp3) is 0.944. The Hall–Kier alpha value is -0.340. The summed E-state index contributed by atoms with van der Waals surface area (Å²) in [5.74, 6) is 0.849. The summed E-state index contributed by atoms with van der Waals surface area (Å²) in [4.78, 5) is 0. The van der Waals surface area contributed by atoms with Crippen LogP contribution in [0.4, 0.5) is 0 Å². The van der Waals surface area contributed by atoms with Gasteiger partial charge in [-0.05, 0) is 50.9 Å². The van der Waals surface area contributed by atoms with Crippen LogP contribution in [0.15, 0.2) is 11.6 Å². The van der Waals surface area contributed by atoms with Gasteiger partial charge in [-0.3, -0.25) is 0 Å². The molecule has 0 spiro atoms. The normalized spacial score (nSPS) is 28.1. The second kappa shape index (κ2) is 19.7. The molecule has 222 valence electrons. The number of rotatable bonds is 8. The van der Waals surface area contributed by atoms with Gasteiger partial charge >= 0.3 is 0 Å². The van der Waals surface area contributed by atoms with E-state index in [1.54, 1.807) is 0 Å². The van der Waals surface area contributed by atoms with Crippen LogP contribution in [-0.2, 0) is 0 Å². The maximum Gasteiger partial charge on any atom is 0.0481 e. The molecule has 2 heteroatoms. The van der Waals surface area contributed by atoms with Crippen molar-refractivity contribution in [2.24, 2.45) is 5.92 Å². The summed E-state index contributed by atoms with van der Waals surface area (Å²) in [6.45, 7) is 4.78. The van der Waals surface area contributed by atoms with Gasteiger partial charge in [0.2, 0.25) is 0 Å². The number of unbranched alkanes of at least 4 members (excludes halogenated alkanes) is 2. The van der Waals surface area contributed by atoms with E-state index >= 15 is 0 Å². The third-order valence-electron chi connectivity index (χ3n) is 10.4. The van der Waals surface area contributed by atoms with Gasteiger partial charge in [0, 0.05) is 25.2 Å². The van der Waals surface area contributed by atoms with Crippen molar-refractivity contribution >= 4 is 0 Å². The largest absolute Gasteiger partial charge is 0.237 e. The maximum atomic E-state index is 3.01. The Morgan fingerprint density at radius 3 is 1.53 bits per heavy atom. The molecule has 0 radical (unpaired) electrons. The third-order valence-corrected chi connectivity index (χ3v) is 10.4. The second-order valence-electron chi connectivity index (χ2n) is 13.5. The van der Waals surface area contributed by atoms with Gasteiger partial charge in [-0.1, -0.05) is 154 Å². The molecule has 2 nitrogen and oxygen atoms in total. The van der Waals surface area contributed by atoms with Crippen molar-refractivity contribution in [3.8, 4) is 0 Å². The molecule has 38 heavy (non-hydrogen) atoms. The quantitative estimate of drug-likeness (QED) is 0.289. The molecule has 0 aromatic heterocycles. The van der Waals surface area contributed by atoms with E-state index in [9.17, 15) is 0 Å². The molecule has 3 rings (SSSR count). The predicted molar refractivity (Wildman–Crippen MR) is 169 cm³/mol. The van der Waals surface area contributed by atoms with Crippen LogP contribution < -0.4 is 0 Å². The molecule has 1 aliphatic heterocycles. The van der Waals surface area contributed by atoms with Crippen molar-refractivity contribution in [2.75, 3.05) is 7.05 Å². The fourth-order valence-electron chi connectivity index (χ4n) is 8.16. The lowest BCUT2D eigenvalue weighted by molar-refractivity contribution is -0.115. The SMILES string of the molecule is CCCCC1=CC(CCCC)N(C2CCCCCCCCCCC2)N(C)[C@H]1C1CCCCCCCCCC1. The van der Waals surface area contributed by atoms with Crippen LogP contribution in [-0.4, -0.2) is 35.2 Å². The molecule has 1 heterocycles. The number of likely N-dealkylation sites (N-methyl/N-ethyl adjacent to an activating group) is 1. The van der Waals surface area contributed by atoms with Crippen molar-refractivity contribution in [3.05, 3.63) is 11.6 Å². The zero-order valence-corrected chi connectivity index (χ0v) is 26.4. The summed E-state index contributed by atoms with van der Waals surface area (Å²) in [6, 6.07) is 2.03. The Kier molecular flexibility index (Phi) is 16.7. The second-order valence-corrected chi connectivity index (χ2v) is 13.5. The molecule has 2 atom stereocenters. The molecule has 1 unspecified atom stereocenters. The zero-order valence-electron chi connectivity index (χ0n) is 26.4. The lowest BCUT2D eigenvalue weighted by Gasteiger charge is -2.52. The zero-order chi connectivity index (χ0) is 26.8. The molecule has 3 aliphatic rings. The highest BCUT2D eigenvalue weighted by Crippen LogP contribution is 2.39. The molecule has 2 saturated carbocycles. The Balaban J connectivity index is 1.87. The molecule has 0 aromatic carbocycles. The Morgan fingerprint density at radius 2 is 1.05 bits per heavy atom. The van der Waals surface area contributed by atoms with E-state index in [0.717, 1.165) is 12.0 Å². The van der Waals surface area contributed by atoms with Crippen LogP contribution in [0.5, 0.6) is 0 Å². The first-order chi connectivity index (χ1) is 18.8. The van der Waals surface area contributed by atoms with E-state index < -0.39 is 0 Å².